The first-order valence-corrected chi connectivity index (χ1v) is 14.6. The summed E-state index contributed by atoms with van der Waals surface area (Å²) in [7, 11) is 0. The maximum atomic E-state index is 12.4. The smallest absolute Gasteiger partial charge is 0.224 e. The molecule has 2 aromatic carbocycles. The van der Waals surface area contributed by atoms with Crippen LogP contribution in [-0.2, 0) is 17.9 Å². The fourth-order valence-electron chi connectivity index (χ4n) is 4.38. The number of amides is 1. The zero-order chi connectivity index (χ0) is 25.4. The highest BCUT2D eigenvalue weighted by molar-refractivity contribution is 7.07. The first kappa shape index (κ1) is 27.9. The minimum atomic E-state index is 0.0382. The van der Waals surface area contributed by atoms with Gasteiger partial charge in [0.1, 0.15) is 5.75 Å². The molecule has 1 aromatic heterocycles. The van der Waals surface area contributed by atoms with E-state index in [2.05, 4.69) is 52.8 Å². The molecule has 0 bridgehead atoms. The van der Waals surface area contributed by atoms with Crippen LogP contribution in [0, 0.1) is 0 Å². The number of carbonyl (C=O) groups excluding carboxylic acids is 1. The number of benzene rings is 2. The average Bonchev–Trinajstić information content (AvgIpc) is 3.40. The molecule has 0 aliphatic carbocycles. The van der Waals surface area contributed by atoms with Crippen LogP contribution in [0.1, 0.15) is 89.2 Å². The van der Waals surface area contributed by atoms with Crippen LogP contribution < -0.4 is 14.2 Å². The van der Waals surface area contributed by atoms with E-state index in [-0.39, 0.29) is 5.91 Å². The molecule has 36 heavy (non-hydrogen) atoms. The van der Waals surface area contributed by atoms with E-state index in [1.54, 1.807) is 18.3 Å². The van der Waals surface area contributed by atoms with Crippen molar-refractivity contribution >= 4 is 22.9 Å². The maximum Gasteiger partial charge on any atom is 0.224 e. The predicted molar refractivity (Wildman–Crippen MR) is 151 cm³/mol. The second-order valence-electron chi connectivity index (χ2n) is 9.64. The number of rotatable bonds is 17. The normalized spacial score (nSPS) is 10.9. The van der Waals surface area contributed by atoms with Crippen LogP contribution in [-0.4, -0.2) is 12.5 Å². The number of anilines is 1. The minimum absolute atomic E-state index is 0.0382. The Morgan fingerprint density at radius 1 is 0.833 bits per heavy atom. The van der Waals surface area contributed by atoms with Crippen molar-refractivity contribution in [1.29, 1.82) is 0 Å². The van der Waals surface area contributed by atoms with Gasteiger partial charge in [0.15, 0.2) is 12.7 Å². The quantitative estimate of drug-likeness (QED) is 0.137. The molecule has 0 saturated carbocycles. The van der Waals surface area contributed by atoms with Gasteiger partial charge in [-0.25, -0.2) is 0 Å². The lowest BCUT2D eigenvalue weighted by molar-refractivity contribution is -0.683. The lowest BCUT2D eigenvalue weighted by atomic mass is 10.1. The van der Waals surface area contributed by atoms with E-state index in [1.165, 1.54) is 63.4 Å². The van der Waals surface area contributed by atoms with Gasteiger partial charge in [-0.3, -0.25) is 4.79 Å². The van der Waals surface area contributed by atoms with Crippen molar-refractivity contribution in [3.63, 3.8) is 0 Å². The molecule has 0 saturated heterocycles. The van der Waals surface area contributed by atoms with E-state index in [0.717, 1.165) is 36.6 Å². The van der Waals surface area contributed by atoms with Gasteiger partial charge in [0.05, 0.1) is 18.5 Å². The Bertz CT molecular complexity index is 984. The molecule has 1 heterocycles. The summed E-state index contributed by atoms with van der Waals surface area (Å²) < 4.78 is 8.10. The Hall–Kier alpha value is -2.66. The van der Waals surface area contributed by atoms with E-state index < -0.39 is 0 Å². The summed E-state index contributed by atoms with van der Waals surface area (Å²) in [4.78, 5) is 14.2. The lowest BCUT2D eigenvalue weighted by Gasteiger charge is -2.21. The Balaban J connectivity index is 1.37. The fourth-order valence-corrected chi connectivity index (χ4v) is 4.98. The number of ether oxygens (including phenoxy) is 1. The van der Waals surface area contributed by atoms with Crippen molar-refractivity contribution < 1.29 is 14.1 Å². The maximum absolute atomic E-state index is 12.4. The average molecular weight is 508 g/mol. The monoisotopic (exact) mass is 507 g/mol. The highest BCUT2D eigenvalue weighted by Crippen LogP contribution is 2.21. The molecule has 0 N–H and O–H groups in total. The summed E-state index contributed by atoms with van der Waals surface area (Å²) in [6.07, 6.45) is 15.4. The van der Waals surface area contributed by atoms with Crippen LogP contribution in [0.25, 0.3) is 0 Å². The van der Waals surface area contributed by atoms with Gasteiger partial charge in [-0.2, -0.15) is 4.57 Å². The molecule has 3 aromatic rings. The first-order chi connectivity index (χ1) is 17.7. The molecule has 5 heteroatoms. The lowest BCUT2D eigenvalue weighted by Crippen LogP contribution is -2.30. The number of thiazole rings is 1. The Labute approximate surface area is 221 Å². The van der Waals surface area contributed by atoms with E-state index in [0.29, 0.717) is 6.54 Å². The van der Waals surface area contributed by atoms with Crippen LogP contribution in [0.2, 0.25) is 0 Å². The Morgan fingerprint density at radius 2 is 1.44 bits per heavy atom. The van der Waals surface area contributed by atoms with Crippen molar-refractivity contribution in [3.8, 4) is 5.75 Å². The second-order valence-corrected chi connectivity index (χ2v) is 10.4. The number of hydrogen-bond donors (Lipinski definition) is 0. The number of hydrogen-bond acceptors (Lipinski definition) is 3. The topological polar surface area (TPSA) is 33.4 Å². The third-order valence-corrected chi connectivity index (χ3v) is 7.22. The number of carbonyl (C=O) groups is 1. The summed E-state index contributed by atoms with van der Waals surface area (Å²) in [5, 5.41) is 2.07. The standard InChI is InChI=1S/C31H43N2O2S/c1-3-4-5-6-7-8-9-10-11-12-22-35-31-19-15-29(16-20-31)25-33(27(2)34)30-17-13-28(14-18-30)24-32-21-23-36-26-32/h13-21,23,26H,3-12,22,24-25H2,1-2H3/q+1. The van der Waals surface area contributed by atoms with Gasteiger partial charge in [0.2, 0.25) is 11.4 Å². The molecule has 1 amide bonds. The third-order valence-electron chi connectivity index (χ3n) is 6.55. The van der Waals surface area contributed by atoms with E-state index in [9.17, 15) is 4.79 Å². The molecule has 0 aliphatic rings. The van der Waals surface area contributed by atoms with E-state index >= 15 is 0 Å². The van der Waals surface area contributed by atoms with Gasteiger partial charge in [-0.05, 0) is 36.2 Å². The van der Waals surface area contributed by atoms with Gasteiger partial charge in [-0.15, -0.1) is 0 Å². The molecule has 0 atom stereocenters. The Kier molecular flexibility index (Phi) is 12.5. The SMILES string of the molecule is CCCCCCCCCCCCOc1ccc(CN(C(C)=O)c2ccc(C[n+]3ccsc3)cc2)cc1. The molecular weight excluding hydrogens is 464 g/mol. The van der Waals surface area contributed by atoms with Gasteiger partial charge in [-0.1, -0.05) is 100 Å². The molecule has 0 fully saturated rings. The second kappa shape index (κ2) is 16.2. The van der Waals surface area contributed by atoms with E-state index in [4.69, 9.17) is 4.74 Å². The van der Waals surface area contributed by atoms with Crippen LogP contribution in [0.5, 0.6) is 5.75 Å². The predicted octanol–water partition coefficient (Wildman–Crippen LogP) is 7.94. The van der Waals surface area contributed by atoms with Crippen LogP contribution >= 0.6 is 11.3 Å². The van der Waals surface area contributed by atoms with Crippen LogP contribution in [0.15, 0.2) is 65.6 Å². The van der Waals surface area contributed by atoms with Gasteiger partial charge < -0.3 is 9.64 Å². The fraction of sp³-hybridized carbons (Fsp3) is 0.484. The van der Waals surface area contributed by atoms with Gasteiger partial charge >= 0.3 is 0 Å². The first-order valence-electron chi connectivity index (χ1n) is 13.7. The summed E-state index contributed by atoms with van der Waals surface area (Å²) in [6, 6.07) is 16.4. The van der Waals surface area contributed by atoms with Crippen molar-refractivity contribution in [1.82, 2.24) is 0 Å². The molecule has 4 nitrogen and oxygen atoms in total. The molecule has 194 valence electrons. The van der Waals surface area contributed by atoms with Crippen molar-refractivity contribution in [2.75, 3.05) is 11.5 Å². The highest BCUT2D eigenvalue weighted by Gasteiger charge is 2.13. The largest absolute Gasteiger partial charge is 0.494 e. The molecule has 0 radical (unpaired) electrons. The van der Waals surface area contributed by atoms with E-state index in [1.807, 2.05) is 29.2 Å². The summed E-state index contributed by atoms with van der Waals surface area (Å²) in [5.74, 6) is 0.940. The van der Waals surface area contributed by atoms with Crippen molar-refractivity contribution in [2.45, 2.75) is 91.1 Å². The minimum Gasteiger partial charge on any atom is -0.494 e. The molecule has 3 rings (SSSR count). The highest BCUT2D eigenvalue weighted by atomic mass is 32.1. The van der Waals surface area contributed by atoms with Gasteiger partial charge in [0.25, 0.3) is 0 Å². The summed E-state index contributed by atoms with van der Waals surface area (Å²) in [5.41, 5.74) is 5.33. The van der Waals surface area contributed by atoms with Crippen LogP contribution in [0.4, 0.5) is 5.69 Å². The zero-order valence-corrected chi connectivity index (χ0v) is 23.0. The number of unbranched alkanes of at least 4 members (excludes halogenated alkanes) is 9. The van der Waals surface area contributed by atoms with Gasteiger partial charge in [0, 0.05) is 18.2 Å². The molecular formula is C31H43N2O2S+. The third kappa shape index (κ3) is 10.1. The summed E-state index contributed by atoms with van der Waals surface area (Å²) in [6.45, 7) is 6.05. The van der Waals surface area contributed by atoms with Crippen molar-refractivity contribution in [3.05, 3.63) is 76.7 Å². The Morgan fingerprint density at radius 3 is 2.03 bits per heavy atom. The molecule has 0 aliphatic heterocycles. The summed E-state index contributed by atoms with van der Waals surface area (Å²) >= 11 is 1.69. The zero-order valence-electron chi connectivity index (χ0n) is 22.2. The number of aromatic nitrogens is 1. The van der Waals surface area contributed by atoms with Crippen LogP contribution in [0.3, 0.4) is 0 Å². The molecule has 0 unspecified atom stereocenters. The van der Waals surface area contributed by atoms with Crippen molar-refractivity contribution in [2.24, 2.45) is 0 Å². The number of nitrogens with zero attached hydrogens (tertiary/aromatic N) is 2. The molecule has 0 spiro atoms.